The van der Waals surface area contributed by atoms with Crippen molar-refractivity contribution in [2.75, 3.05) is 19.7 Å². The first-order valence-electron chi connectivity index (χ1n) is 8.58. The number of morpholine rings is 1. The molecule has 1 amide bonds. The van der Waals surface area contributed by atoms with Gasteiger partial charge >= 0.3 is 0 Å². The van der Waals surface area contributed by atoms with E-state index < -0.39 is 0 Å². The van der Waals surface area contributed by atoms with Crippen molar-refractivity contribution in [2.45, 2.75) is 45.9 Å². The Kier molecular flexibility index (Phi) is 5.16. The van der Waals surface area contributed by atoms with E-state index in [2.05, 4.69) is 29.0 Å². The summed E-state index contributed by atoms with van der Waals surface area (Å²) >= 11 is 0. The lowest BCUT2D eigenvalue weighted by Gasteiger charge is -2.35. The van der Waals surface area contributed by atoms with Crippen LogP contribution in [0.2, 0.25) is 0 Å². The van der Waals surface area contributed by atoms with Gasteiger partial charge in [-0.25, -0.2) is 4.98 Å². The van der Waals surface area contributed by atoms with Crippen LogP contribution in [0.15, 0.2) is 24.5 Å². The quantitative estimate of drug-likeness (QED) is 0.907. The molecule has 1 fully saturated rings. The molecule has 0 spiro atoms. The smallest absolute Gasteiger partial charge is 0.222 e. The van der Waals surface area contributed by atoms with Crippen LogP contribution in [0.1, 0.15) is 31.5 Å². The van der Waals surface area contributed by atoms with E-state index in [1.54, 1.807) is 0 Å². The number of nitrogens with one attached hydrogen (secondary N) is 1. The third-order valence-corrected chi connectivity index (χ3v) is 4.45. The molecule has 3 heterocycles. The number of carbonyl (C=O) groups excluding carboxylic acids is 1. The van der Waals surface area contributed by atoms with Gasteiger partial charge in [0.05, 0.1) is 31.4 Å². The number of rotatable bonds is 5. The number of aryl methyl sites for hydroxylation is 1. The highest BCUT2D eigenvalue weighted by Crippen LogP contribution is 2.12. The first-order chi connectivity index (χ1) is 11.5. The molecule has 0 bridgehead atoms. The van der Waals surface area contributed by atoms with E-state index in [1.165, 1.54) is 5.56 Å². The van der Waals surface area contributed by atoms with Gasteiger partial charge in [-0.2, -0.15) is 0 Å². The Labute approximate surface area is 142 Å². The lowest BCUT2D eigenvalue weighted by molar-refractivity contribution is -0.126. The van der Waals surface area contributed by atoms with Crippen molar-refractivity contribution in [3.05, 3.63) is 35.8 Å². The summed E-state index contributed by atoms with van der Waals surface area (Å²) in [6.07, 6.45) is 4.31. The lowest BCUT2D eigenvalue weighted by Crippen LogP contribution is -2.47. The summed E-state index contributed by atoms with van der Waals surface area (Å²) in [6, 6.07) is 4.56. The molecule has 0 saturated carbocycles. The highest BCUT2D eigenvalue weighted by atomic mass is 16.5. The molecular weight excluding hydrogens is 304 g/mol. The number of imidazole rings is 1. The zero-order chi connectivity index (χ0) is 17.1. The second-order valence-corrected chi connectivity index (χ2v) is 6.76. The van der Waals surface area contributed by atoms with Crippen molar-refractivity contribution in [3.8, 4) is 0 Å². The molecule has 0 radical (unpaired) electrons. The Morgan fingerprint density at radius 2 is 2.33 bits per heavy atom. The van der Waals surface area contributed by atoms with E-state index in [4.69, 9.17) is 4.74 Å². The minimum absolute atomic E-state index is 0.0128. The Balaban J connectivity index is 1.51. The third-order valence-electron chi connectivity index (χ3n) is 4.45. The molecule has 2 aromatic heterocycles. The molecular formula is C18H26N4O2. The highest BCUT2D eigenvalue weighted by molar-refractivity contribution is 5.76. The minimum atomic E-state index is -0.0233. The van der Waals surface area contributed by atoms with Crippen LogP contribution in [0.3, 0.4) is 0 Å². The van der Waals surface area contributed by atoms with Crippen LogP contribution in [0.25, 0.3) is 5.65 Å². The monoisotopic (exact) mass is 330 g/mol. The fraction of sp³-hybridized carbons (Fsp3) is 0.556. The second kappa shape index (κ2) is 7.32. The molecule has 130 valence electrons. The number of carbonyl (C=O) groups is 1. The molecule has 2 aromatic rings. The largest absolute Gasteiger partial charge is 0.375 e. The Bertz CT molecular complexity index is 710. The maximum absolute atomic E-state index is 12.2. The van der Waals surface area contributed by atoms with Crippen molar-refractivity contribution in [1.82, 2.24) is 19.6 Å². The lowest BCUT2D eigenvalue weighted by atomic mass is 10.1. The number of fused-ring (bicyclic) bond motifs is 1. The summed E-state index contributed by atoms with van der Waals surface area (Å²) in [7, 11) is 0. The molecule has 0 aliphatic carbocycles. The van der Waals surface area contributed by atoms with Gasteiger partial charge in [0, 0.05) is 31.5 Å². The number of pyridine rings is 1. The SMILES string of the molecule is Cc1ccn2cc(CNC(=O)C[C@H]3CN(C(C)C)CCO3)nc2c1. The number of aromatic nitrogens is 2. The van der Waals surface area contributed by atoms with Gasteiger partial charge < -0.3 is 14.5 Å². The van der Waals surface area contributed by atoms with E-state index in [-0.39, 0.29) is 12.0 Å². The molecule has 1 aliphatic rings. The zero-order valence-electron chi connectivity index (χ0n) is 14.7. The number of amides is 1. The van der Waals surface area contributed by atoms with Crippen LogP contribution in [0.4, 0.5) is 0 Å². The molecule has 1 N–H and O–H groups in total. The van der Waals surface area contributed by atoms with Crippen LogP contribution >= 0.6 is 0 Å². The molecule has 3 rings (SSSR count). The van der Waals surface area contributed by atoms with E-state index in [0.29, 0.717) is 25.6 Å². The molecule has 6 nitrogen and oxygen atoms in total. The van der Waals surface area contributed by atoms with Gasteiger partial charge in [0.2, 0.25) is 5.91 Å². The van der Waals surface area contributed by atoms with Gasteiger partial charge in [0.15, 0.2) is 0 Å². The predicted octanol–water partition coefficient (Wildman–Crippen LogP) is 1.76. The van der Waals surface area contributed by atoms with E-state index in [0.717, 1.165) is 24.4 Å². The maximum atomic E-state index is 12.2. The molecule has 1 aliphatic heterocycles. The molecule has 0 unspecified atom stereocenters. The number of hydrogen-bond donors (Lipinski definition) is 1. The summed E-state index contributed by atoms with van der Waals surface area (Å²) in [5, 5.41) is 2.95. The summed E-state index contributed by atoms with van der Waals surface area (Å²) in [4.78, 5) is 19.1. The zero-order valence-corrected chi connectivity index (χ0v) is 14.7. The van der Waals surface area contributed by atoms with Crippen LogP contribution in [0, 0.1) is 6.92 Å². The second-order valence-electron chi connectivity index (χ2n) is 6.76. The number of nitrogens with zero attached hydrogens (tertiary/aromatic N) is 3. The minimum Gasteiger partial charge on any atom is -0.375 e. The summed E-state index contributed by atoms with van der Waals surface area (Å²) in [5.41, 5.74) is 2.94. The van der Waals surface area contributed by atoms with Gasteiger partial charge in [0.1, 0.15) is 5.65 Å². The van der Waals surface area contributed by atoms with Gasteiger partial charge in [-0.05, 0) is 38.5 Å². The molecule has 6 heteroatoms. The average molecular weight is 330 g/mol. The average Bonchev–Trinajstić information content (AvgIpc) is 2.95. The number of hydrogen-bond acceptors (Lipinski definition) is 4. The first kappa shape index (κ1) is 16.9. The standard InChI is InChI=1S/C18H26N4O2/c1-13(2)21-6-7-24-16(12-21)9-18(23)19-10-15-11-22-5-4-14(3)8-17(22)20-15/h4-5,8,11,13,16H,6-7,9-10,12H2,1-3H3,(H,19,23)/t16-/m0/s1. The van der Waals surface area contributed by atoms with Gasteiger partial charge in [-0.15, -0.1) is 0 Å². The normalized spacial score (nSPS) is 19.1. The first-order valence-corrected chi connectivity index (χ1v) is 8.58. The van der Waals surface area contributed by atoms with Gasteiger partial charge in [0.25, 0.3) is 0 Å². The highest BCUT2D eigenvalue weighted by Gasteiger charge is 2.24. The Morgan fingerprint density at radius 1 is 1.50 bits per heavy atom. The van der Waals surface area contributed by atoms with Crippen molar-refractivity contribution in [3.63, 3.8) is 0 Å². The molecule has 24 heavy (non-hydrogen) atoms. The fourth-order valence-electron chi connectivity index (χ4n) is 3.02. The predicted molar refractivity (Wildman–Crippen MR) is 92.8 cm³/mol. The Morgan fingerprint density at radius 3 is 3.12 bits per heavy atom. The summed E-state index contributed by atoms with van der Waals surface area (Å²) in [5.74, 6) is 0.0128. The van der Waals surface area contributed by atoms with Crippen LogP contribution in [0.5, 0.6) is 0 Å². The fourth-order valence-corrected chi connectivity index (χ4v) is 3.02. The Hall–Kier alpha value is -1.92. The van der Waals surface area contributed by atoms with E-state index in [9.17, 15) is 4.79 Å². The van der Waals surface area contributed by atoms with Crippen molar-refractivity contribution >= 4 is 11.6 Å². The summed E-state index contributed by atoms with van der Waals surface area (Å²) in [6.45, 7) is 9.29. The van der Waals surface area contributed by atoms with E-state index in [1.807, 2.05) is 35.9 Å². The van der Waals surface area contributed by atoms with Crippen molar-refractivity contribution in [1.29, 1.82) is 0 Å². The van der Waals surface area contributed by atoms with Gasteiger partial charge in [-0.1, -0.05) is 0 Å². The number of ether oxygens (including phenoxy) is 1. The van der Waals surface area contributed by atoms with Gasteiger partial charge in [-0.3, -0.25) is 9.69 Å². The summed E-state index contributed by atoms with van der Waals surface area (Å²) < 4.78 is 7.69. The molecule has 1 saturated heterocycles. The van der Waals surface area contributed by atoms with E-state index >= 15 is 0 Å². The van der Waals surface area contributed by atoms with Crippen molar-refractivity contribution in [2.24, 2.45) is 0 Å². The third kappa shape index (κ3) is 4.13. The molecule has 0 aromatic carbocycles. The van der Waals surface area contributed by atoms with Crippen LogP contribution < -0.4 is 5.32 Å². The topological polar surface area (TPSA) is 58.9 Å². The maximum Gasteiger partial charge on any atom is 0.222 e. The van der Waals surface area contributed by atoms with Crippen molar-refractivity contribution < 1.29 is 9.53 Å². The van der Waals surface area contributed by atoms with Crippen LogP contribution in [-0.2, 0) is 16.1 Å². The van der Waals surface area contributed by atoms with Crippen LogP contribution in [-0.4, -0.2) is 52.0 Å². The molecule has 1 atom stereocenters.